The lowest BCUT2D eigenvalue weighted by molar-refractivity contribution is 0.394. The van der Waals surface area contributed by atoms with Crippen LogP contribution in [0.4, 0.5) is 0 Å². The van der Waals surface area contributed by atoms with E-state index in [2.05, 4.69) is 56.4 Å². The van der Waals surface area contributed by atoms with Gasteiger partial charge in [0.25, 0.3) is 0 Å². The molecule has 3 rings (SSSR count). The first-order chi connectivity index (χ1) is 13.5. The average molecular weight is 397 g/mol. The molecular weight excluding hydrogens is 364 g/mol. The first-order valence-corrected chi connectivity index (χ1v) is 13.3. The molecule has 1 aliphatic carbocycles. The Hall–Kier alpha value is -2.20. The molecule has 0 fully saturated rings. The van der Waals surface area contributed by atoms with Crippen molar-refractivity contribution in [2.75, 3.05) is 14.2 Å². The maximum atomic E-state index is 6.65. The van der Waals surface area contributed by atoms with Crippen molar-refractivity contribution < 1.29 is 13.9 Å². The number of fused-ring (bicyclic) bond motifs is 1. The maximum Gasteiger partial charge on any atom is 0.245 e. The van der Waals surface area contributed by atoms with E-state index in [0.717, 1.165) is 35.7 Å². The number of hydrogen-bond donors (Lipinski definition) is 0. The van der Waals surface area contributed by atoms with E-state index in [1.54, 1.807) is 14.2 Å². The highest BCUT2D eigenvalue weighted by Crippen LogP contribution is 2.41. The zero-order valence-electron chi connectivity index (χ0n) is 17.8. The molecule has 0 spiro atoms. The summed E-state index contributed by atoms with van der Waals surface area (Å²) in [7, 11) is 1.65. The van der Waals surface area contributed by atoms with Gasteiger partial charge in [0.05, 0.1) is 14.2 Å². The molecule has 0 saturated carbocycles. The molecule has 0 amide bonds. The Balaban J connectivity index is 1.96. The van der Waals surface area contributed by atoms with Gasteiger partial charge in [-0.15, -0.1) is 0 Å². The number of unbranched alkanes of at least 4 members (excludes halogenated alkanes) is 1. The largest absolute Gasteiger partial charge is 0.544 e. The number of methoxy groups -OCH3 is 2. The smallest absolute Gasteiger partial charge is 0.245 e. The molecule has 28 heavy (non-hydrogen) atoms. The van der Waals surface area contributed by atoms with E-state index >= 15 is 0 Å². The van der Waals surface area contributed by atoms with Crippen molar-refractivity contribution in [2.45, 2.75) is 51.7 Å². The summed E-state index contributed by atoms with van der Waals surface area (Å²) in [6, 6.07) is 13.7. The van der Waals surface area contributed by atoms with Crippen LogP contribution in [0.3, 0.4) is 0 Å². The zero-order chi connectivity index (χ0) is 20.1. The molecule has 4 heteroatoms. The third kappa shape index (κ3) is 4.79. The van der Waals surface area contributed by atoms with Crippen LogP contribution < -0.4 is 13.9 Å². The van der Waals surface area contributed by atoms with Gasteiger partial charge in [0, 0.05) is 11.6 Å². The van der Waals surface area contributed by atoms with Gasteiger partial charge in [0.2, 0.25) is 8.32 Å². The number of aryl methyl sites for hydroxylation is 1. The number of allylic oxidation sites excluding steroid dienone is 1. The van der Waals surface area contributed by atoms with Crippen LogP contribution in [0.2, 0.25) is 19.1 Å². The van der Waals surface area contributed by atoms with E-state index in [4.69, 9.17) is 13.9 Å². The Morgan fingerprint density at radius 1 is 1.00 bits per heavy atom. The monoisotopic (exact) mass is 396 g/mol. The molecule has 1 aliphatic rings. The summed E-state index contributed by atoms with van der Waals surface area (Å²) < 4.78 is 17.5. The summed E-state index contributed by atoms with van der Waals surface area (Å²) in [5.74, 6) is 2.67. The fraction of sp³-hybridized carbons (Fsp3) is 0.417. The molecule has 0 bridgehead atoms. The van der Waals surface area contributed by atoms with Crippen molar-refractivity contribution in [2.24, 2.45) is 0 Å². The van der Waals surface area contributed by atoms with Gasteiger partial charge in [-0.2, -0.15) is 0 Å². The van der Waals surface area contributed by atoms with Gasteiger partial charge in [-0.25, -0.2) is 0 Å². The van der Waals surface area contributed by atoms with Crippen molar-refractivity contribution in [3.05, 3.63) is 53.1 Å². The molecule has 2 aromatic carbocycles. The predicted molar refractivity (Wildman–Crippen MR) is 120 cm³/mol. The van der Waals surface area contributed by atoms with Crippen LogP contribution in [-0.4, -0.2) is 22.5 Å². The van der Waals surface area contributed by atoms with E-state index in [0.29, 0.717) is 0 Å². The second-order valence-electron chi connectivity index (χ2n) is 8.07. The predicted octanol–water partition coefficient (Wildman–Crippen LogP) is 6.57. The highest BCUT2D eigenvalue weighted by atomic mass is 28.4. The minimum absolute atomic E-state index is 0.807. The standard InChI is InChI=1S/C24H32O3Si/c1-6-7-13-28(4,5)27-23-10-8-9-19-11-12-20(24(19)23)14-18-15-21(25-2)17-22(16-18)26-3/h8-10,14-17H,6-7,11-13H2,1-5H3. The quantitative estimate of drug-likeness (QED) is 0.472. The molecule has 0 aliphatic heterocycles. The summed E-state index contributed by atoms with van der Waals surface area (Å²) in [6.07, 6.45) is 6.81. The highest BCUT2D eigenvalue weighted by Gasteiger charge is 2.27. The molecular formula is C24H32O3Si. The van der Waals surface area contributed by atoms with Gasteiger partial charge in [-0.3, -0.25) is 0 Å². The molecule has 0 N–H and O–H groups in total. The van der Waals surface area contributed by atoms with E-state index in [1.807, 2.05) is 6.07 Å². The van der Waals surface area contributed by atoms with Crippen LogP contribution in [-0.2, 0) is 6.42 Å². The molecule has 0 radical (unpaired) electrons. The normalized spacial score (nSPS) is 14.8. The van der Waals surface area contributed by atoms with E-state index < -0.39 is 8.32 Å². The van der Waals surface area contributed by atoms with E-state index in [-0.39, 0.29) is 0 Å². The topological polar surface area (TPSA) is 27.7 Å². The molecule has 150 valence electrons. The van der Waals surface area contributed by atoms with Crippen molar-refractivity contribution in [3.8, 4) is 17.2 Å². The first-order valence-electron chi connectivity index (χ1n) is 10.2. The summed E-state index contributed by atoms with van der Waals surface area (Å²) in [4.78, 5) is 0. The molecule has 2 aromatic rings. The molecule has 0 aromatic heterocycles. The molecule has 0 saturated heterocycles. The summed E-state index contributed by atoms with van der Waals surface area (Å²) in [5, 5.41) is 0. The third-order valence-corrected chi connectivity index (χ3v) is 7.66. The third-order valence-electron chi connectivity index (χ3n) is 5.33. The van der Waals surface area contributed by atoms with Gasteiger partial charge >= 0.3 is 0 Å². The lowest BCUT2D eigenvalue weighted by Gasteiger charge is -2.26. The van der Waals surface area contributed by atoms with Crippen LogP contribution in [0.5, 0.6) is 17.2 Å². The van der Waals surface area contributed by atoms with E-state index in [1.165, 1.54) is 35.6 Å². The Morgan fingerprint density at radius 3 is 2.36 bits per heavy atom. The maximum absolute atomic E-state index is 6.65. The first kappa shape index (κ1) is 20.5. The second kappa shape index (κ2) is 8.87. The average Bonchev–Trinajstić information content (AvgIpc) is 3.09. The second-order valence-corrected chi connectivity index (χ2v) is 12.3. The number of hydrogen-bond acceptors (Lipinski definition) is 3. The van der Waals surface area contributed by atoms with Crippen molar-refractivity contribution in [3.63, 3.8) is 0 Å². The molecule has 0 heterocycles. The number of benzene rings is 2. The van der Waals surface area contributed by atoms with Gasteiger partial charge < -0.3 is 13.9 Å². The summed E-state index contributed by atoms with van der Waals surface area (Å²) in [5.41, 5.74) is 5.11. The van der Waals surface area contributed by atoms with Crippen molar-refractivity contribution in [1.82, 2.24) is 0 Å². The van der Waals surface area contributed by atoms with Crippen molar-refractivity contribution >= 4 is 20.0 Å². The van der Waals surface area contributed by atoms with Gasteiger partial charge in [0.15, 0.2) is 0 Å². The lowest BCUT2D eigenvalue weighted by Crippen LogP contribution is -2.34. The fourth-order valence-electron chi connectivity index (χ4n) is 3.84. The fourth-order valence-corrected chi connectivity index (χ4v) is 5.91. The zero-order valence-corrected chi connectivity index (χ0v) is 18.8. The Kier molecular flexibility index (Phi) is 6.50. The van der Waals surface area contributed by atoms with Crippen LogP contribution in [0.1, 0.15) is 42.9 Å². The summed E-state index contributed by atoms with van der Waals surface area (Å²) in [6.45, 7) is 6.90. The molecule has 0 unspecified atom stereocenters. The molecule has 3 nitrogen and oxygen atoms in total. The van der Waals surface area contributed by atoms with E-state index in [9.17, 15) is 0 Å². The van der Waals surface area contributed by atoms with Gasteiger partial charge in [-0.05, 0) is 66.9 Å². The van der Waals surface area contributed by atoms with Gasteiger partial charge in [0.1, 0.15) is 17.2 Å². The summed E-state index contributed by atoms with van der Waals surface area (Å²) >= 11 is 0. The minimum atomic E-state index is -1.73. The number of ether oxygens (including phenoxy) is 2. The highest BCUT2D eigenvalue weighted by molar-refractivity contribution is 6.71. The SMILES string of the molecule is CCCC[Si](C)(C)Oc1cccc2c1C(=Cc1cc(OC)cc(OC)c1)CC2. The minimum Gasteiger partial charge on any atom is -0.544 e. The lowest BCUT2D eigenvalue weighted by atomic mass is 10.0. The van der Waals surface area contributed by atoms with Crippen LogP contribution >= 0.6 is 0 Å². The molecule has 0 atom stereocenters. The Morgan fingerprint density at radius 2 is 1.71 bits per heavy atom. The van der Waals surface area contributed by atoms with Crippen LogP contribution in [0.15, 0.2) is 36.4 Å². The van der Waals surface area contributed by atoms with Crippen LogP contribution in [0, 0.1) is 0 Å². The Labute approximate surface area is 170 Å². The van der Waals surface area contributed by atoms with Gasteiger partial charge in [-0.1, -0.05) is 38.0 Å². The number of rotatable bonds is 8. The Bertz CT molecular complexity index is 833. The van der Waals surface area contributed by atoms with Crippen LogP contribution in [0.25, 0.3) is 11.6 Å². The van der Waals surface area contributed by atoms with Crippen molar-refractivity contribution in [1.29, 1.82) is 0 Å².